The van der Waals surface area contributed by atoms with Gasteiger partial charge in [0.15, 0.2) is 6.10 Å². The van der Waals surface area contributed by atoms with Crippen LogP contribution in [0, 0.1) is 0 Å². The van der Waals surface area contributed by atoms with E-state index in [2.05, 4.69) is 172 Å². The molecule has 0 aliphatic heterocycles. The van der Waals surface area contributed by atoms with Crippen LogP contribution in [-0.2, 0) is 32.7 Å². The molecule has 0 aromatic heterocycles. The molecule has 0 heterocycles. The summed E-state index contributed by atoms with van der Waals surface area (Å²) in [5, 5.41) is 0. The summed E-state index contributed by atoms with van der Waals surface area (Å²) in [6, 6.07) is 0. The number of ether oxygens (including phenoxy) is 2. The third kappa shape index (κ3) is 76.6. The lowest BCUT2D eigenvalue weighted by molar-refractivity contribution is -0.870. The topological polar surface area (TPSA) is 111 Å². The van der Waals surface area contributed by atoms with Gasteiger partial charge in [0.1, 0.15) is 19.8 Å². The normalized spacial score (nSPS) is 14.0. The molecule has 0 aliphatic rings. The van der Waals surface area contributed by atoms with Crippen molar-refractivity contribution in [1.29, 1.82) is 0 Å². The first-order valence-corrected chi connectivity index (χ1v) is 39.7. The average molecular weight is 1330 g/mol. The Morgan fingerprint density at radius 2 is 0.574 bits per heavy atom. The fourth-order valence-corrected chi connectivity index (χ4v) is 11.0. The molecular formula is C84H142NO8P. The van der Waals surface area contributed by atoms with E-state index in [1.165, 1.54) is 141 Å². The lowest BCUT2D eigenvalue weighted by Crippen LogP contribution is -2.37. The van der Waals surface area contributed by atoms with Gasteiger partial charge in [-0.25, -0.2) is 0 Å². The fraction of sp³-hybridized carbons (Fsp3) is 0.667. The number of allylic oxidation sites excluding steroid dienone is 26. The molecule has 9 nitrogen and oxygen atoms in total. The van der Waals surface area contributed by atoms with E-state index in [9.17, 15) is 19.0 Å². The van der Waals surface area contributed by atoms with E-state index in [4.69, 9.17) is 18.5 Å². The zero-order valence-electron chi connectivity index (χ0n) is 61.1. The van der Waals surface area contributed by atoms with Crippen LogP contribution in [0.1, 0.15) is 309 Å². The van der Waals surface area contributed by atoms with Crippen molar-refractivity contribution in [2.75, 3.05) is 47.5 Å². The Morgan fingerprint density at radius 1 is 0.330 bits per heavy atom. The molecule has 0 N–H and O–H groups in total. The van der Waals surface area contributed by atoms with E-state index in [1.807, 2.05) is 21.1 Å². The molecule has 94 heavy (non-hydrogen) atoms. The molecule has 10 heteroatoms. The molecular weight excluding hydrogens is 1180 g/mol. The van der Waals surface area contributed by atoms with Gasteiger partial charge in [-0.05, 0) is 122 Å². The minimum absolute atomic E-state index is 0.0367. The van der Waals surface area contributed by atoms with Gasteiger partial charge < -0.3 is 27.9 Å². The number of hydrogen-bond acceptors (Lipinski definition) is 8. The minimum atomic E-state index is -4.65. The van der Waals surface area contributed by atoms with Crippen LogP contribution in [0.4, 0.5) is 0 Å². The van der Waals surface area contributed by atoms with Crippen molar-refractivity contribution in [2.24, 2.45) is 0 Å². The number of quaternary nitrogens is 1. The molecule has 0 bridgehead atoms. The SMILES string of the molecule is CC/C=C\C/C=C\C/C=C\C/C=C\C/C=C\C/C=C\C/C=C\CCCCCCCCCCCCCCCCCCCCCC(=O)OC(COC(=O)CCCCCCCCCCCC/C=C\C/C=C\C/C=C\C/C=C\C/C=C\C/C=C\CC)COP(=O)([O-])OCC[N+](C)(C)C. The zero-order valence-corrected chi connectivity index (χ0v) is 62.0. The predicted molar refractivity (Wildman–Crippen MR) is 406 cm³/mol. The van der Waals surface area contributed by atoms with Crippen LogP contribution in [0.5, 0.6) is 0 Å². The maximum Gasteiger partial charge on any atom is 0.306 e. The van der Waals surface area contributed by atoms with Crippen LogP contribution >= 0.6 is 7.82 Å². The number of hydrogen-bond donors (Lipinski definition) is 0. The lowest BCUT2D eigenvalue weighted by atomic mass is 10.0. The van der Waals surface area contributed by atoms with Crippen molar-refractivity contribution >= 4 is 19.8 Å². The standard InChI is InChI=1S/C84H142NO8P/c1-6-8-10-12-14-16-18-20-22-24-26-28-30-32-34-36-37-38-39-40-41-42-43-44-45-46-47-49-51-53-55-57-59-61-63-65-67-69-71-73-75-77-84(87)93-82(81-92-94(88,89)91-79-78-85(3,4)5)80-90-83(86)76-74-72-70-68-66-64-62-60-58-56-54-52-50-48-35-33-31-29-27-25-23-21-19-17-15-13-11-9-7-2/h8-11,14-17,20-23,26-29,32-35,37-38,40-41,50,52,82H,6-7,12-13,18-19,24-25,30-31,36,39,42-49,51,53-81H2,1-5H3/b10-8-,11-9-,16-14-,17-15-,22-20-,23-21-,28-26-,29-27-,34-32-,35-33-,38-37-,41-40-,52-50-. The molecule has 2 unspecified atom stereocenters. The van der Waals surface area contributed by atoms with Crippen molar-refractivity contribution in [3.63, 3.8) is 0 Å². The maximum absolute atomic E-state index is 12.9. The summed E-state index contributed by atoms with van der Waals surface area (Å²) < 4.78 is 34.4. The van der Waals surface area contributed by atoms with Crippen LogP contribution in [0.15, 0.2) is 158 Å². The monoisotopic (exact) mass is 1320 g/mol. The Kier molecular flexibility index (Phi) is 69.5. The van der Waals surface area contributed by atoms with Crippen LogP contribution in [0.2, 0.25) is 0 Å². The Morgan fingerprint density at radius 3 is 0.851 bits per heavy atom. The van der Waals surface area contributed by atoms with Crippen LogP contribution < -0.4 is 4.89 Å². The lowest BCUT2D eigenvalue weighted by Gasteiger charge is -2.28. The number of phosphoric ester groups is 1. The number of nitrogens with zero attached hydrogens (tertiary/aromatic N) is 1. The fourth-order valence-electron chi connectivity index (χ4n) is 10.3. The van der Waals surface area contributed by atoms with Crippen molar-refractivity contribution in [2.45, 2.75) is 315 Å². The number of esters is 2. The van der Waals surface area contributed by atoms with Gasteiger partial charge in [-0.2, -0.15) is 0 Å². The highest BCUT2D eigenvalue weighted by Gasteiger charge is 2.22. The van der Waals surface area contributed by atoms with E-state index in [-0.39, 0.29) is 32.0 Å². The Labute approximate surface area is 579 Å². The molecule has 0 saturated heterocycles. The second-order valence-electron chi connectivity index (χ2n) is 26.3. The number of likely N-dealkylation sites (N-methyl/N-ethyl adjacent to an activating group) is 1. The van der Waals surface area contributed by atoms with Crippen LogP contribution in [0.25, 0.3) is 0 Å². The number of carbonyl (C=O) groups is 2. The van der Waals surface area contributed by atoms with Crippen molar-refractivity contribution in [3.8, 4) is 0 Å². The summed E-state index contributed by atoms with van der Waals surface area (Å²) in [7, 11) is 1.16. The van der Waals surface area contributed by atoms with Gasteiger partial charge in [-0.3, -0.25) is 14.2 Å². The minimum Gasteiger partial charge on any atom is -0.756 e. The first-order chi connectivity index (χ1) is 46.0. The molecule has 0 aliphatic carbocycles. The van der Waals surface area contributed by atoms with E-state index >= 15 is 0 Å². The van der Waals surface area contributed by atoms with Gasteiger partial charge in [0.2, 0.25) is 0 Å². The highest BCUT2D eigenvalue weighted by atomic mass is 31.2. The second-order valence-corrected chi connectivity index (χ2v) is 27.7. The van der Waals surface area contributed by atoms with Gasteiger partial charge in [-0.1, -0.05) is 332 Å². The number of phosphoric acid groups is 1. The van der Waals surface area contributed by atoms with Gasteiger partial charge in [0.25, 0.3) is 7.82 Å². The predicted octanol–water partition coefficient (Wildman–Crippen LogP) is 24.9. The third-order valence-electron chi connectivity index (χ3n) is 16.0. The Balaban J connectivity index is 4.01. The number of carbonyl (C=O) groups excluding carboxylic acids is 2. The summed E-state index contributed by atoms with van der Waals surface area (Å²) in [6.45, 7) is 4.02. The van der Waals surface area contributed by atoms with Crippen molar-refractivity contribution in [1.82, 2.24) is 0 Å². The Hall–Kier alpha value is -4.37. The summed E-state index contributed by atoms with van der Waals surface area (Å²) in [6.07, 6.45) is 109. The molecule has 536 valence electrons. The third-order valence-corrected chi connectivity index (χ3v) is 17.0. The van der Waals surface area contributed by atoms with E-state index < -0.39 is 26.5 Å². The molecule has 0 aromatic carbocycles. The first kappa shape index (κ1) is 89.6. The van der Waals surface area contributed by atoms with Crippen LogP contribution in [0.3, 0.4) is 0 Å². The summed E-state index contributed by atoms with van der Waals surface area (Å²) in [5.41, 5.74) is 0. The second kappa shape index (κ2) is 72.9. The Bertz CT molecular complexity index is 2150. The van der Waals surface area contributed by atoms with Gasteiger partial charge in [-0.15, -0.1) is 0 Å². The molecule has 0 spiro atoms. The smallest absolute Gasteiger partial charge is 0.306 e. The quantitative estimate of drug-likeness (QED) is 0.0195. The average Bonchev–Trinajstić information content (AvgIpc) is 1.57. The maximum atomic E-state index is 12.9. The summed E-state index contributed by atoms with van der Waals surface area (Å²) in [5.74, 6) is -0.836. The van der Waals surface area contributed by atoms with Crippen molar-refractivity contribution < 1.29 is 42.1 Å². The molecule has 0 fully saturated rings. The molecule has 0 amide bonds. The summed E-state index contributed by atoms with van der Waals surface area (Å²) in [4.78, 5) is 38.2. The molecule has 0 radical (unpaired) electrons. The summed E-state index contributed by atoms with van der Waals surface area (Å²) >= 11 is 0. The zero-order chi connectivity index (χ0) is 68.3. The van der Waals surface area contributed by atoms with Gasteiger partial charge in [0, 0.05) is 12.8 Å². The first-order valence-electron chi connectivity index (χ1n) is 38.2. The van der Waals surface area contributed by atoms with Crippen molar-refractivity contribution in [3.05, 3.63) is 158 Å². The van der Waals surface area contributed by atoms with Crippen LogP contribution in [-0.4, -0.2) is 70.0 Å². The van der Waals surface area contributed by atoms with Gasteiger partial charge >= 0.3 is 11.9 Å². The van der Waals surface area contributed by atoms with E-state index in [0.717, 1.165) is 135 Å². The van der Waals surface area contributed by atoms with E-state index in [1.54, 1.807) is 0 Å². The molecule has 0 saturated carbocycles. The van der Waals surface area contributed by atoms with E-state index in [0.29, 0.717) is 17.4 Å². The molecule has 0 rings (SSSR count). The highest BCUT2D eigenvalue weighted by Crippen LogP contribution is 2.38. The molecule has 0 aromatic rings. The highest BCUT2D eigenvalue weighted by molar-refractivity contribution is 7.45. The molecule has 2 atom stereocenters. The number of rotatable bonds is 69. The van der Waals surface area contributed by atoms with Gasteiger partial charge in [0.05, 0.1) is 27.7 Å². The number of unbranched alkanes of at least 4 members (excludes halogenated alkanes) is 29. The largest absolute Gasteiger partial charge is 0.756 e.